The molecule has 1 fully saturated rings. The Bertz CT molecular complexity index is 781. The van der Waals surface area contributed by atoms with Crippen LogP contribution in [0.2, 0.25) is 0 Å². The highest BCUT2D eigenvalue weighted by molar-refractivity contribution is 5.88. The first kappa shape index (κ1) is 17.6. The highest BCUT2D eigenvalue weighted by atomic mass is 16.5. The summed E-state index contributed by atoms with van der Waals surface area (Å²) in [5.41, 5.74) is 5.22. The van der Waals surface area contributed by atoms with E-state index in [0.717, 1.165) is 49.6 Å². The molecule has 0 spiro atoms. The van der Waals surface area contributed by atoms with E-state index in [1.807, 2.05) is 0 Å². The first-order valence-corrected chi connectivity index (χ1v) is 10.3. The zero-order valence-corrected chi connectivity index (χ0v) is 16.2. The fourth-order valence-electron chi connectivity index (χ4n) is 4.45. The van der Waals surface area contributed by atoms with Gasteiger partial charge in [0.2, 0.25) is 0 Å². The van der Waals surface area contributed by atoms with Gasteiger partial charge < -0.3 is 15.0 Å². The maximum absolute atomic E-state index is 6.14. The van der Waals surface area contributed by atoms with E-state index in [9.17, 15) is 0 Å². The minimum atomic E-state index is 0.786. The molecular formula is C22H31N3O. The second-order valence-corrected chi connectivity index (χ2v) is 7.69. The summed E-state index contributed by atoms with van der Waals surface area (Å²) in [6.45, 7) is 9.67. The van der Waals surface area contributed by atoms with Gasteiger partial charge in [-0.3, -0.25) is 0 Å². The van der Waals surface area contributed by atoms with Crippen LogP contribution in [0.3, 0.4) is 0 Å². The number of ether oxygens (including phenoxy) is 1. The predicted molar refractivity (Wildman–Crippen MR) is 108 cm³/mol. The number of pyridine rings is 1. The van der Waals surface area contributed by atoms with Gasteiger partial charge in [0.15, 0.2) is 0 Å². The van der Waals surface area contributed by atoms with Crippen LogP contribution in [0, 0.1) is 6.92 Å². The molecule has 2 aliphatic rings. The third-order valence-corrected chi connectivity index (χ3v) is 5.77. The Morgan fingerprint density at radius 2 is 1.92 bits per heavy atom. The molecule has 0 unspecified atom stereocenters. The summed E-state index contributed by atoms with van der Waals surface area (Å²) in [4.78, 5) is 7.48. The van der Waals surface area contributed by atoms with Gasteiger partial charge in [-0.2, -0.15) is 0 Å². The van der Waals surface area contributed by atoms with Crippen LogP contribution in [-0.2, 0) is 12.8 Å². The average Bonchev–Trinajstić information content (AvgIpc) is 3.32. The Kier molecular flexibility index (Phi) is 5.30. The quantitative estimate of drug-likeness (QED) is 0.752. The maximum atomic E-state index is 6.14. The molecule has 26 heavy (non-hydrogen) atoms. The summed E-state index contributed by atoms with van der Waals surface area (Å²) in [5, 5.41) is 4.78. The third kappa shape index (κ3) is 3.52. The highest BCUT2D eigenvalue weighted by Crippen LogP contribution is 2.36. The highest BCUT2D eigenvalue weighted by Gasteiger charge is 2.20. The molecule has 0 bridgehead atoms. The molecular weight excluding hydrogens is 322 g/mol. The number of nitrogens with one attached hydrogen (secondary N) is 1. The van der Waals surface area contributed by atoms with Crippen molar-refractivity contribution in [1.29, 1.82) is 0 Å². The molecule has 1 N–H and O–H groups in total. The van der Waals surface area contributed by atoms with Gasteiger partial charge in [-0.05, 0) is 88.2 Å². The number of aryl methyl sites for hydroxylation is 2. The van der Waals surface area contributed by atoms with Crippen LogP contribution in [-0.4, -0.2) is 42.7 Å². The summed E-state index contributed by atoms with van der Waals surface area (Å²) in [6.07, 6.45) is 7.36. The number of fused-ring (bicyclic) bond motifs is 3. The zero-order chi connectivity index (χ0) is 17.9. The van der Waals surface area contributed by atoms with E-state index in [1.165, 1.54) is 60.8 Å². The molecule has 2 heterocycles. The molecule has 1 aromatic carbocycles. The molecule has 0 saturated carbocycles. The first-order valence-electron chi connectivity index (χ1n) is 10.3. The molecule has 0 radical (unpaired) electrons. The van der Waals surface area contributed by atoms with Crippen LogP contribution in [0.15, 0.2) is 12.1 Å². The molecule has 4 rings (SSSR count). The Morgan fingerprint density at radius 1 is 1.12 bits per heavy atom. The number of nitrogens with zero attached hydrogens (tertiary/aromatic N) is 2. The monoisotopic (exact) mass is 353 g/mol. The SMILES string of the molecule is CCNc1nc2cc(OCCCN3CCCC3)c(C)cc2c2c1CCC2. The van der Waals surface area contributed by atoms with E-state index in [4.69, 9.17) is 9.72 Å². The fourth-order valence-corrected chi connectivity index (χ4v) is 4.45. The number of hydrogen-bond acceptors (Lipinski definition) is 4. The van der Waals surface area contributed by atoms with Gasteiger partial charge in [0.1, 0.15) is 11.6 Å². The lowest BCUT2D eigenvalue weighted by Crippen LogP contribution is -2.22. The minimum Gasteiger partial charge on any atom is -0.493 e. The van der Waals surface area contributed by atoms with Crippen LogP contribution >= 0.6 is 0 Å². The number of aromatic nitrogens is 1. The van der Waals surface area contributed by atoms with Gasteiger partial charge in [0.05, 0.1) is 12.1 Å². The van der Waals surface area contributed by atoms with Crippen molar-refractivity contribution < 1.29 is 4.74 Å². The lowest BCUT2D eigenvalue weighted by Gasteiger charge is -2.17. The number of benzene rings is 1. The smallest absolute Gasteiger partial charge is 0.130 e. The molecule has 4 nitrogen and oxygen atoms in total. The number of likely N-dealkylation sites (tertiary alicyclic amines) is 1. The Labute approximate surface area is 156 Å². The van der Waals surface area contributed by atoms with Gasteiger partial charge in [0.25, 0.3) is 0 Å². The van der Waals surface area contributed by atoms with E-state index in [1.54, 1.807) is 0 Å². The van der Waals surface area contributed by atoms with Gasteiger partial charge in [-0.1, -0.05) is 0 Å². The Balaban J connectivity index is 1.52. The molecule has 1 aromatic heterocycles. The Morgan fingerprint density at radius 3 is 2.73 bits per heavy atom. The second-order valence-electron chi connectivity index (χ2n) is 7.69. The van der Waals surface area contributed by atoms with Crippen LogP contribution in [0.4, 0.5) is 5.82 Å². The van der Waals surface area contributed by atoms with E-state index in [0.29, 0.717) is 0 Å². The van der Waals surface area contributed by atoms with Crippen molar-refractivity contribution in [3.05, 3.63) is 28.8 Å². The van der Waals surface area contributed by atoms with Crippen molar-refractivity contribution in [2.24, 2.45) is 0 Å². The largest absolute Gasteiger partial charge is 0.493 e. The molecule has 1 aliphatic carbocycles. The van der Waals surface area contributed by atoms with Gasteiger partial charge in [-0.15, -0.1) is 0 Å². The van der Waals surface area contributed by atoms with Gasteiger partial charge in [0, 0.05) is 24.5 Å². The van der Waals surface area contributed by atoms with Crippen molar-refractivity contribution in [3.63, 3.8) is 0 Å². The average molecular weight is 354 g/mol. The molecule has 2 aromatic rings. The lowest BCUT2D eigenvalue weighted by atomic mass is 10.0. The summed E-state index contributed by atoms with van der Waals surface area (Å²) in [7, 11) is 0. The molecule has 0 atom stereocenters. The van der Waals surface area contributed by atoms with Crippen molar-refractivity contribution in [2.75, 3.05) is 38.1 Å². The summed E-state index contributed by atoms with van der Waals surface area (Å²) >= 11 is 0. The van der Waals surface area contributed by atoms with Crippen LogP contribution in [0.5, 0.6) is 5.75 Å². The number of anilines is 1. The molecule has 1 aliphatic heterocycles. The zero-order valence-electron chi connectivity index (χ0n) is 16.2. The summed E-state index contributed by atoms with van der Waals surface area (Å²) in [6, 6.07) is 4.44. The molecule has 140 valence electrons. The van der Waals surface area contributed by atoms with Crippen LogP contribution < -0.4 is 10.1 Å². The van der Waals surface area contributed by atoms with Crippen molar-refractivity contribution >= 4 is 16.7 Å². The van der Waals surface area contributed by atoms with E-state index in [-0.39, 0.29) is 0 Å². The summed E-state index contributed by atoms with van der Waals surface area (Å²) < 4.78 is 6.14. The van der Waals surface area contributed by atoms with E-state index < -0.39 is 0 Å². The van der Waals surface area contributed by atoms with Crippen LogP contribution in [0.1, 0.15) is 49.3 Å². The first-order chi connectivity index (χ1) is 12.8. The van der Waals surface area contributed by atoms with Crippen molar-refractivity contribution in [2.45, 2.75) is 52.4 Å². The second kappa shape index (κ2) is 7.83. The van der Waals surface area contributed by atoms with Crippen molar-refractivity contribution in [1.82, 2.24) is 9.88 Å². The van der Waals surface area contributed by atoms with Gasteiger partial charge >= 0.3 is 0 Å². The minimum absolute atomic E-state index is 0.786. The molecule has 0 amide bonds. The maximum Gasteiger partial charge on any atom is 0.130 e. The van der Waals surface area contributed by atoms with E-state index in [2.05, 4.69) is 36.2 Å². The fraction of sp³-hybridized carbons (Fsp3) is 0.591. The van der Waals surface area contributed by atoms with Crippen LogP contribution in [0.25, 0.3) is 10.9 Å². The molecule has 1 saturated heterocycles. The Hall–Kier alpha value is -1.81. The topological polar surface area (TPSA) is 37.4 Å². The lowest BCUT2D eigenvalue weighted by molar-refractivity contribution is 0.262. The number of hydrogen-bond donors (Lipinski definition) is 1. The normalized spacial score (nSPS) is 17.0. The van der Waals surface area contributed by atoms with Crippen molar-refractivity contribution in [3.8, 4) is 5.75 Å². The molecule has 4 heteroatoms. The van der Waals surface area contributed by atoms with E-state index >= 15 is 0 Å². The van der Waals surface area contributed by atoms with Gasteiger partial charge in [-0.25, -0.2) is 4.98 Å². The summed E-state index contributed by atoms with van der Waals surface area (Å²) in [5.74, 6) is 2.07. The number of rotatable bonds is 7. The third-order valence-electron chi connectivity index (χ3n) is 5.77. The standard InChI is InChI=1S/C22H31N3O/c1-3-23-22-18-9-6-8-17(18)19-14-16(2)21(15-20(19)24-22)26-13-7-12-25-10-4-5-11-25/h14-15H,3-13H2,1-2H3,(H,23,24). The predicted octanol–water partition coefficient (Wildman–Crippen LogP) is 4.33.